The lowest BCUT2D eigenvalue weighted by molar-refractivity contribution is -0.0159. The molecule has 1 aliphatic heterocycles. The smallest absolute Gasteiger partial charge is 0.106 e. The Morgan fingerprint density at radius 2 is 2.53 bits per heavy atom. The van der Waals surface area contributed by atoms with Crippen LogP contribution in [0.2, 0.25) is 5.02 Å². The molecule has 1 atom stereocenters. The van der Waals surface area contributed by atoms with Crippen LogP contribution in [-0.4, -0.2) is 37.5 Å². The molecular weight excluding hydrogens is 240 g/mol. The first-order valence-corrected chi connectivity index (χ1v) is 6.06. The first kappa shape index (κ1) is 12.8. The summed E-state index contributed by atoms with van der Waals surface area (Å²) in [4.78, 5) is 3.96. The molecule has 2 rings (SSSR count). The second-order valence-electron chi connectivity index (χ2n) is 4.26. The molecule has 1 saturated heterocycles. The summed E-state index contributed by atoms with van der Waals surface area (Å²) in [5.41, 5.74) is 0.867. The van der Waals surface area contributed by atoms with Gasteiger partial charge in [0.1, 0.15) is 5.60 Å². The van der Waals surface area contributed by atoms with Crippen molar-refractivity contribution in [2.75, 3.05) is 26.9 Å². The summed E-state index contributed by atoms with van der Waals surface area (Å²) in [5, 5.41) is 4.05. The molecular formula is C12H17ClN2O2. The van der Waals surface area contributed by atoms with Crippen LogP contribution >= 0.6 is 11.6 Å². The Balaban J connectivity index is 1.85. The van der Waals surface area contributed by atoms with Crippen LogP contribution in [0.5, 0.6) is 0 Å². The third-order valence-electron chi connectivity index (χ3n) is 3.12. The molecule has 0 amide bonds. The molecule has 0 bridgehead atoms. The van der Waals surface area contributed by atoms with E-state index >= 15 is 0 Å². The van der Waals surface area contributed by atoms with Crippen LogP contribution in [0.25, 0.3) is 0 Å². The number of nitrogens with one attached hydrogen (secondary N) is 1. The fourth-order valence-corrected chi connectivity index (χ4v) is 2.12. The molecule has 4 nitrogen and oxygen atoms in total. The van der Waals surface area contributed by atoms with E-state index in [1.54, 1.807) is 19.5 Å². The van der Waals surface area contributed by atoms with E-state index in [-0.39, 0.29) is 5.60 Å². The van der Waals surface area contributed by atoms with E-state index in [1.165, 1.54) is 0 Å². The van der Waals surface area contributed by atoms with Crippen molar-refractivity contribution < 1.29 is 9.47 Å². The van der Waals surface area contributed by atoms with Crippen LogP contribution < -0.4 is 5.32 Å². The molecule has 1 N–H and O–H groups in total. The van der Waals surface area contributed by atoms with E-state index in [1.807, 2.05) is 6.07 Å². The molecule has 94 valence electrons. The Labute approximate surface area is 106 Å². The summed E-state index contributed by atoms with van der Waals surface area (Å²) in [6.07, 6.45) is 4.33. The molecule has 1 aliphatic rings. The van der Waals surface area contributed by atoms with Gasteiger partial charge in [-0.15, -0.1) is 0 Å². The molecule has 1 fully saturated rings. The summed E-state index contributed by atoms with van der Waals surface area (Å²) in [7, 11) is 1.73. The summed E-state index contributed by atoms with van der Waals surface area (Å²) in [6, 6.07) is 1.92. The number of hydrogen-bond acceptors (Lipinski definition) is 4. The molecule has 17 heavy (non-hydrogen) atoms. The van der Waals surface area contributed by atoms with E-state index < -0.39 is 0 Å². The van der Waals surface area contributed by atoms with Crippen LogP contribution in [0.15, 0.2) is 18.5 Å². The Bertz CT molecular complexity index is 367. The van der Waals surface area contributed by atoms with Crippen molar-refractivity contribution in [3.8, 4) is 0 Å². The lowest BCUT2D eigenvalue weighted by Crippen LogP contribution is -2.42. The SMILES string of the molecule is COC1(CNCc2ccncc2Cl)CCOC1. The van der Waals surface area contributed by atoms with Gasteiger partial charge >= 0.3 is 0 Å². The van der Waals surface area contributed by atoms with Crippen molar-refractivity contribution in [3.63, 3.8) is 0 Å². The predicted octanol–water partition coefficient (Wildman–Crippen LogP) is 1.63. The van der Waals surface area contributed by atoms with Gasteiger partial charge in [-0.05, 0) is 11.6 Å². The molecule has 1 aromatic heterocycles. The molecule has 0 aliphatic carbocycles. The van der Waals surface area contributed by atoms with E-state index in [9.17, 15) is 0 Å². The lowest BCUT2D eigenvalue weighted by atomic mass is 10.0. The highest BCUT2D eigenvalue weighted by Gasteiger charge is 2.34. The average Bonchev–Trinajstić information content (AvgIpc) is 2.81. The van der Waals surface area contributed by atoms with Gasteiger partial charge in [-0.1, -0.05) is 11.6 Å². The Morgan fingerprint density at radius 3 is 3.18 bits per heavy atom. The average molecular weight is 257 g/mol. The van der Waals surface area contributed by atoms with E-state index in [0.717, 1.165) is 25.1 Å². The van der Waals surface area contributed by atoms with Crippen molar-refractivity contribution in [1.82, 2.24) is 10.3 Å². The predicted molar refractivity (Wildman–Crippen MR) is 66.1 cm³/mol. The van der Waals surface area contributed by atoms with Crippen LogP contribution in [0.4, 0.5) is 0 Å². The molecule has 1 unspecified atom stereocenters. The number of aromatic nitrogens is 1. The first-order valence-electron chi connectivity index (χ1n) is 5.68. The van der Waals surface area contributed by atoms with Gasteiger partial charge in [-0.25, -0.2) is 0 Å². The van der Waals surface area contributed by atoms with Crippen LogP contribution in [0.1, 0.15) is 12.0 Å². The summed E-state index contributed by atoms with van der Waals surface area (Å²) in [6.45, 7) is 2.90. The number of halogens is 1. The van der Waals surface area contributed by atoms with Gasteiger partial charge in [0.05, 0.1) is 11.6 Å². The quantitative estimate of drug-likeness (QED) is 0.870. The molecule has 0 spiro atoms. The minimum atomic E-state index is -0.181. The molecule has 2 heterocycles. The summed E-state index contributed by atoms with van der Waals surface area (Å²) >= 11 is 6.03. The maximum atomic E-state index is 6.03. The van der Waals surface area contributed by atoms with E-state index in [0.29, 0.717) is 18.2 Å². The number of rotatable bonds is 5. The maximum absolute atomic E-state index is 6.03. The van der Waals surface area contributed by atoms with Crippen molar-refractivity contribution in [1.29, 1.82) is 0 Å². The third kappa shape index (κ3) is 3.16. The van der Waals surface area contributed by atoms with Crippen molar-refractivity contribution in [3.05, 3.63) is 29.0 Å². The first-order chi connectivity index (χ1) is 8.26. The second-order valence-corrected chi connectivity index (χ2v) is 4.67. The zero-order chi connectivity index (χ0) is 12.1. The summed E-state index contributed by atoms with van der Waals surface area (Å²) in [5.74, 6) is 0. The van der Waals surface area contributed by atoms with Gasteiger partial charge in [0.25, 0.3) is 0 Å². The molecule has 5 heteroatoms. The van der Waals surface area contributed by atoms with Gasteiger partial charge in [0.2, 0.25) is 0 Å². The second kappa shape index (κ2) is 5.78. The van der Waals surface area contributed by atoms with Crippen LogP contribution in [0.3, 0.4) is 0 Å². The summed E-state index contributed by atoms with van der Waals surface area (Å²) < 4.78 is 10.9. The van der Waals surface area contributed by atoms with Gasteiger partial charge in [0, 0.05) is 45.6 Å². The zero-order valence-corrected chi connectivity index (χ0v) is 10.7. The highest BCUT2D eigenvalue weighted by Crippen LogP contribution is 2.22. The Morgan fingerprint density at radius 1 is 1.65 bits per heavy atom. The van der Waals surface area contributed by atoms with Gasteiger partial charge in [-0.2, -0.15) is 0 Å². The fourth-order valence-electron chi connectivity index (χ4n) is 1.93. The van der Waals surface area contributed by atoms with Gasteiger partial charge in [0.15, 0.2) is 0 Å². The monoisotopic (exact) mass is 256 g/mol. The number of nitrogens with zero attached hydrogens (tertiary/aromatic N) is 1. The standard InChI is InChI=1S/C12H17ClN2O2/c1-16-12(3-5-17-9-12)8-15-6-10-2-4-14-7-11(10)13/h2,4,7,15H,3,5-6,8-9H2,1H3. The van der Waals surface area contributed by atoms with Crippen molar-refractivity contribution in [2.45, 2.75) is 18.6 Å². The van der Waals surface area contributed by atoms with Crippen LogP contribution in [-0.2, 0) is 16.0 Å². The number of ether oxygens (including phenoxy) is 2. The highest BCUT2D eigenvalue weighted by molar-refractivity contribution is 6.31. The minimum absolute atomic E-state index is 0.181. The number of pyridine rings is 1. The molecule has 0 aromatic carbocycles. The van der Waals surface area contributed by atoms with Crippen LogP contribution in [0, 0.1) is 0 Å². The van der Waals surface area contributed by atoms with Crippen molar-refractivity contribution in [2.24, 2.45) is 0 Å². The Hall–Kier alpha value is -0.680. The molecule has 0 saturated carbocycles. The van der Waals surface area contributed by atoms with Gasteiger partial charge < -0.3 is 14.8 Å². The largest absolute Gasteiger partial charge is 0.378 e. The minimum Gasteiger partial charge on any atom is -0.378 e. The highest BCUT2D eigenvalue weighted by atomic mass is 35.5. The number of hydrogen-bond donors (Lipinski definition) is 1. The van der Waals surface area contributed by atoms with Gasteiger partial charge in [-0.3, -0.25) is 4.98 Å². The van der Waals surface area contributed by atoms with E-state index in [4.69, 9.17) is 21.1 Å². The van der Waals surface area contributed by atoms with Crippen molar-refractivity contribution >= 4 is 11.6 Å². The Kier molecular flexibility index (Phi) is 4.34. The third-order valence-corrected chi connectivity index (χ3v) is 3.46. The lowest BCUT2D eigenvalue weighted by Gasteiger charge is -2.26. The number of methoxy groups -OCH3 is 1. The normalized spacial score (nSPS) is 24.1. The topological polar surface area (TPSA) is 43.4 Å². The molecule has 0 radical (unpaired) electrons. The zero-order valence-electron chi connectivity index (χ0n) is 9.91. The van der Waals surface area contributed by atoms with E-state index in [2.05, 4.69) is 10.3 Å². The fraction of sp³-hybridized carbons (Fsp3) is 0.583. The maximum Gasteiger partial charge on any atom is 0.106 e. The molecule has 1 aromatic rings.